The van der Waals surface area contributed by atoms with Crippen LogP contribution in [0.1, 0.15) is 12.8 Å². The predicted octanol–water partition coefficient (Wildman–Crippen LogP) is 0.966. The number of nitrogens with zero attached hydrogens (tertiary/aromatic N) is 4. The summed E-state index contributed by atoms with van der Waals surface area (Å²) in [5, 5.41) is 0. The largest absolute Gasteiger partial charge is 0.374 e. The number of hydrogen-bond acceptors (Lipinski definition) is 5. The molecule has 19 heavy (non-hydrogen) atoms. The minimum absolute atomic E-state index is 0.485. The normalized spacial score (nSPS) is 36.3. The lowest BCUT2D eigenvalue weighted by Crippen LogP contribution is -2.25. The first kappa shape index (κ1) is 10.1. The van der Waals surface area contributed by atoms with Crippen molar-refractivity contribution in [1.29, 1.82) is 0 Å². The number of rotatable bonds is 1. The molecule has 3 saturated heterocycles. The first-order valence-electron chi connectivity index (χ1n) is 6.94. The van der Waals surface area contributed by atoms with Crippen LogP contribution in [0.3, 0.4) is 0 Å². The third-order valence-corrected chi connectivity index (χ3v) is 4.96. The van der Waals surface area contributed by atoms with E-state index in [4.69, 9.17) is 4.74 Å². The molecule has 0 amide bonds. The quantitative estimate of drug-likeness (QED) is 0.824. The van der Waals surface area contributed by atoms with Gasteiger partial charge in [0.15, 0.2) is 11.5 Å². The second-order valence-corrected chi connectivity index (χ2v) is 5.82. The number of hydrogen-bond donors (Lipinski definition) is 1. The fourth-order valence-electron chi connectivity index (χ4n) is 4.12. The van der Waals surface area contributed by atoms with E-state index in [0.717, 1.165) is 30.1 Å². The van der Waals surface area contributed by atoms with Gasteiger partial charge >= 0.3 is 0 Å². The van der Waals surface area contributed by atoms with Gasteiger partial charge in [-0.15, -0.1) is 0 Å². The van der Waals surface area contributed by atoms with Crippen molar-refractivity contribution in [1.82, 2.24) is 19.9 Å². The number of H-pyrrole nitrogens is 1. The van der Waals surface area contributed by atoms with E-state index in [2.05, 4.69) is 24.8 Å². The lowest BCUT2D eigenvalue weighted by Gasteiger charge is -2.19. The summed E-state index contributed by atoms with van der Waals surface area (Å²) in [5.41, 5.74) is 1.71. The van der Waals surface area contributed by atoms with Gasteiger partial charge in [0.1, 0.15) is 11.8 Å². The summed E-state index contributed by atoms with van der Waals surface area (Å²) >= 11 is 0. The maximum absolute atomic E-state index is 6.02. The van der Waals surface area contributed by atoms with E-state index < -0.39 is 0 Å². The number of fused-ring (bicyclic) bond motifs is 6. The molecule has 3 fully saturated rings. The van der Waals surface area contributed by atoms with E-state index in [9.17, 15) is 0 Å². The van der Waals surface area contributed by atoms with Gasteiger partial charge in [0, 0.05) is 24.9 Å². The van der Waals surface area contributed by atoms with Crippen molar-refractivity contribution in [2.75, 3.05) is 18.0 Å². The molecule has 2 bridgehead atoms. The fraction of sp³-hybridized carbons (Fsp3) is 0.615. The average Bonchev–Trinajstić information content (AvgIpc) is 3.18. The highest BCUT2D eigenvalue weighted by atomic mass is 16.5. The van der Waals surface area contributed by atoms with Gasteiger partial charge in [-0.2, -0.15) is 0 Å². The lowest BCUT2D eigenvalue weighted by molar-refractivity contribution is 0.0849. The van der Waals surface area contributed by atoms with Gasteiger partial charge in [0.25, 0.3) is 0 Å². The number of aromatic amines is 1. The third-order valence-electron chi connectivity index (χ3n) is 4.96. The highest BCUT2D eigenvalue weighted by Crippen LogP contribution is 2.48. The van der Waals surface area contributed by atoms with Gasteiger partial charge in [-0.25, -0.2) is 15.0 Å². The van der Waals surface area contributed by atoms with Crippen molar-refractivity contribution in [3.05, 3.63) is 12.7 Å². The summed E-state index contributed by atoms with van der Waals surface area (Å²) in [5.74, 6) is 2.37. The Hall–Kier alpha value is -1.69. The van der Waals surface area contributed by atoms with Crippen LogP contribution in [0.4, 0.5) is 5.82 Å². The second kappa shape index (κ2) is 3.45. The molecule has 0 aromatic carbocycles. The highest BCUT2D eigenvalue weighted by Gasteiger charge is 2.53. The smallest absolute Gasteiger partial charge is 0.182 e. The van der Waals surface area contributed by atoms with Crippen molar-refractivity contribution in [2.45, 2.75) is 25.0 Å². The first-order valence-corrected chi connectivity index (χ1v) is 6.94. The van der Waals surface area contributed by atoms with Crippen molar-refractivity contribution in [3.63, 3.8) is 0 Å². The Kier molecular flexibility index (Phi) is 1.84. The van der Waals surface area contributed by atoms with Gasteiger partial charge in [0.05, 0.1) is 18.5 Å². The molecule has 0 unspecified atom stereocenters. The van der Waals surface area contributed by atoms with Crippen LogP contribution >= 0.6 is 0 Å². The maximum Gasteiger partial charge on any atom is 0.182 e. The Morgan fingerprint density at radius 1 is 1.11 bits per heavy atom. The van der Waals surface area contributed by atoms with Crippen LogP contribution < -0.4 is 4.90 Å². The summed E-state index contributed by atoms with van der Waals surface area (Å²) in [4.78, 5) is 18.4. The van der Waals surface area contributed by atoms with Crippen LogP contribution in [0.5, 0.6) is 0 Å². The Morgan fingerprint density at radius 2 is 1.89 bits per heavy atom. The second-order valence-electron chi connectivity index (χ2n) is 5.82. The van der Waals surface area contributed by atoms with Crippen LogP contribution in [0.2, 0.25) is 0 Å². The van der Waals surface area contributed by atoms with Crippen LogP contribution in [0.15, 0.2) is 12.7 Å². The van der Waals surface area contributed by atoms with Gasteiger partial charge in [-0.3, -0.25) is 0 Å². The number of aromatic nitrogens is 4. The van der Waals surface area contributed by atoms with Crippen LogP contribution in [-0.2, 0) is 4.74 Å². The molecule has 0 saturated carbocycles. The van der Waals surface area contributed by atoms with E-state index >= 15 is 0 Å². The number of anilines is 1. The van der Waals surface area contributed by atoms with E-state index in [1.807, 2.05) is 0 Å². The predicted molar refractivity (Wildman–Crippen MR) is 68.8 cm³/mol. The summed E-state index contributed by atoms with van der Waals surface area (Å²) in [7, 11) is 0. The highest BCUT2D eigenvalue weighted by molar-refractivity contribution is 5.82. The molecular formula is C13H15N5O. The Balaban J connectivity index is 1.53. The Bertz CT molecular complexity index is 623. The molecule has 0 aliphatic carbocycles. The van der Waals surface area contributed by atoms with Crippen molar-refractivity contribution in [3.8, 4) is 0 Å². The Labute approximate surface area is 110 Å². The van der Waals surface area contributed by atoms with Gasteiger partial charge in [0.2, 0.25) is 0 Å². The first-order chi connectivity index (χ1) is 9.40. The Morgan fingerprint density at radius 3 is 2.68 bits per heavy atom. The molecule has 6 nitrogen and oxygen atoms in total. The molecule has 4 atom stereocenters. The minimum Gasteiger partial charge on any atom is -0.374 e. The fourth-order valence-corrected chi connectivity index (χ4v) is 4.12. The molecule has 5 rings (SSSR count). The summed E-state index contributed by atoms with van der Waals surface area (Å²) in [6.07, 6.45) is 6.74. The van der Waals surface area contributed by atoms with Crippen LogP contribution in [0.25, 0.3) is 11.2 Å². The van der Waals surface area contributed by atoms with E-state index in [1.54, 1.807) is 12.7 Å². The number of ether oxygens (including phenoxy) is 1. The van der Waals surface area contributed by atoms with Crippen molar-refractivity contribution in [2.24, 2.45) is 11.8 Å². The lowest BCUT2D eigenvalue weighted by atomic mass is 9.82. The SMILES string of the molecule is c1nc(N2C[C@@H]3[C@H](C2)[C@H]2CC[C@@H]3O2)c2[nH]cnc2n1. The van der Waals surface area contributed by atoms with Gasteiger partial charge in [-0.1, -0.05) is 0 Å². The van der Waals surface area contributed by atoms with Crippen LogP contribution in [0, 0.1) is 11.8 Å². The standard InChI is InChI=1S/C13H15N5O/c1-2-10-8-4-18(3-7(8)9(1)19-10)13-11-12(15-5-14-11)16-6-17-13/h5-10H,1-4H2,(H,14,15,16,17)/t7-,8+,9+,10-. The summed E-state index contributed by atoms with van der Waals surface area (Å²) < 4.78 is 6.02. The molecule has 5 heterocycles. The van der Waals surface area contributed by atoms with E-state index in [-0.39, 0.29) is 0 Å². The monoisotopic (exact) mass is 257 g/mol. The molecule has 0 radical (unpaired) electrons. The molecule has 2 aromatic rings. The molecular weight excluding hydrogens is 242 g/mol. The third kappa shape index (κ3) is 1.27. The molecule has 3 aliphatic rings. The number of nitrogens with one attached hydrogen (secondary N) is 1. The summed E-state index contributed by atoms with van der Waals surface area (Å²) in [6.45, 7) is 2.11. The maximum atomic E-state index is 6.02. The average molecular weight is 257 g/mol. The molecule has 3 aliphatic heterocycles. The van der Waals surface area contributed by atoms with Gasteiger partial charge in [-0.05, 0) is 12.8 Å². The van der Waals surface area contributed by atoms with E-state index in [0.29, 0.717) is 24.0 Å². The van der Waals surface area contributed by atoms with E-state index in [1.165, 1.54) is 12.8 Å². The summed E-state index contributed by atoms with van der Waals surface area (Å²) in [6, 6.07) is 0. The van der Waals surface area contributed by atoms with Crippen LogP contribution in [-0.4, -0.2) is 45.2 Å². The van der Waals surface area contributed by atoms with Crippen molar-refractivity contribution >= 4 is 17.0 Å². The zero-order valence-electron chi connectivity index (χ0n) is 10.5. The molecule has 6 heteroatoms. The zero-order valence-corrected chi connectivity index (χ0v) is 10.5. The molecule has 2 aromatic heterocycles. The zero-order chi connectivity index (χ0) is 12.4. The molecule has 98 valence electrons. The topological polar surface area (TPSA) is 66.9 Å². The number of imidazole rings is 1. The van der Waals surface area contributed by atoms with Crippen molar-refractivity contribution < 1.29 is 4.74 Å². The van der Waals surface area contributed by atoms with Gasteiger partial charge < -0.3 is 14.6 Å². The minimum atomic E-state index is 0.485. The molecule has 1 N–H and O–H groups in total. The molecule has 0 spiro atoms.